The van der Waals surface area contributed by atoms with Gasteiger partial charge in [0, 0.05) is 4.47 Å². The van der Waals surface area contributed by atoms with Gasteiger partial charge in [0.15, 0.2) is 0 Å². The SMILES string of the molecule is C=C/C=C(\C=C)c1ccc(-c2cc(-c3ccc(-c4ccccc4)cc3)c3ccc4c(Br)cc(-c5ccc(C(/C=C\C)=C/CC)cc5)c5ccc2c3c45)cc1.CC. The van der Waals surface area contributed by atoms with E-state index in [2.05, 4.69) is 201 Å². The molecule has 0 fully saturated rings. The maximum atomic E-state index is 4.03. The molecule has 0 bridgehead atoms. The van der Waals surface area contributed by atoms with Gasteiger partial charge in [-0.25, -0.2) is 0 Å². The minimum atomic E-state index is 0.997. The summed E-state index contributed by atoms with van der Waals surface area (Å²) < 4.78 is 1.10. The molecule has 56 heavy (non-hydrogen) atoms. The summed E-state index contributed by atoms with van der Waals surface area (Å²) in [6, 6.07) is 51.5. The van der Waals surface area contributed by atoms with Crippen molar-refractivity contribution in [3.8, 4) is 44.5 Å². The van der Waals surface area contributed by atoms with Gasteiger partial charge in [-0.3, -0.25) is 0 Å². The summed E-state index contributed by atoms with van der Waals surface area (Å²) in [6.07, 6.45) is 13.3. The molecule has 0 aliphatic rings. The monoisotopic (exact) mass is 786 g/mol. The summed E-state index contributed by atoms with van der Waals surface area (Å²) in [7, 11) is 0. The van der Waals surface area contributed by atoms with Gasteiger partial charge < -0.3 is 0 Å². The second-order valence-electron chi connectivity index (χ2n) is 13.7. The molecule has 0 nitrogen and oxygen atoms in total. The molecule has 0 unspecified atom stereocenters. The summed E-state index contributed by atoms with van der Waals surface area (Å²) in [4.78, 5) is 0. The van der Waals surface area contributed by atoms with Crippen LogP contribution < -0.4 is 0 Å². The van der Waals surface area contributed by atoms with E-state index >= 15 is 0 Å². The standard InChI is InChI=1S/C53H41Br.C2H6/c1-5-12-35(8-4)38-17-23-41(24-18-38)48-33-49(42-25-21-40(22-26-42)37-15-10-9-11-16-37)45-31-32-47-51(54)34-50(46-30-29-44(48)52(45)53(46)47)43-27-19-39(20-28-43)36(13-6-2)14-7-3;1-2/h5-6,8-34H,1,4,7H2,2-3H3;1-2H3/b13-6-,35-12+,36-14+;. The Balaban J connectivity index is 0.00000237. The molecule has 0 N–H and O–H groups in total. The molecule has 0 spiro atoms. The molecular weight excluding hydrogens is 741 g/mol. The van der Waals surface area contributed by atoms with Crippen molar-refractivity contribution >= 4 is 59.4 Å². The Kier molecular flexibility index (Phi) is 11.7. The van der Waals surface area contributed by atoms with Crippen molar-refractivity contribution in [3.63, 3.8) is 0 Å². The first-order chi connectivity index (χ1) is 27.5. The van der Waals surface area contributed by atoms with Crippen LogP contribution in [0, 0.1) is 0 Å². The molecule has 8 rings (SSSR count). The summed E-state index contributed by atoms with van der Waals surface area (Å²) in [5, 5.41) is 7.52. The van der Waals surface area contributed by atoms with E-state index in [-0.39, 0.29) is 0 Å². The maximum Gasteiger partial charge on any atom is 0.0260 e. The molecular formula is C55H47Br. The molecule has 0 heterocycles. The summed E-state index contributed by atoms with van der Waals surface area (Å²) in [5.41, 5.74) is 14.3. The molecule has 8 aromatic carbocycles. The van der Waals surface area contributed by atoms with Gasteiger partial charge in [-0.1, -0.05) is 214 Å². The second kappa shape index (κ2) is 17.2. The van der Waals surface area contributed by atoms with E-state index in [1.165, 1.54) is 88.0 Å². The van der Waals surface area contributed by atoms with Crippen molar-refractivity contribution in [2.45, 2.75) is 34.1 Å². The first kappa shape index (κ1) is 38.3. The van der Waals surface area contributed by atoms with Gasteiger partial charge in [0.1, 0.15) is 0 Å². The normalized spacial score (nSPS) is 12.0. The lowest BCUT2D eigenvalue weighted by atomic mass is 9.83. The summed E-state index contributed by atoms with van der Waals surface area (Å²) >= 11 is 4.03. The molecule has 0 saturated carbocycles. The van der Waals surface area contributed by atoms with Crippen LogP contribution in [0.2, 0.25) is 0 Å². The van der Waals surface area contributed by atoms with Gasteiger partial charge in [-0.2, -0.15) is 0 Å². The number of hydrogen-bond acceptors (Lipinski definition) is 0. The molecule has 0 saturated heterocycles. The van der Waals surface area contributed by atoms with Crippen LogP contribution in [-0.4, -0.2) is 0 Å². The van der Waals surface area contributed by atoms with Crippen LogP contribution in [0.5, 0.6) is 0 Å². The van der Waals surface area contributed by atoms with Crippen molar-refractivity contribution in [1.82, 2.24) is 0 Å². The zero-order valence-corrected chi connectivity index (χ0v) is 34.3. The van der Waals surface area contributed by atoms with Crippen molar-refractivity contribution in [3.05, 3.63) is 205 Å². The minimum Gasteiger partial charge on any atom is -0.0990 e. The Labute approximate surface area is 341 Å². The lowest BCUT2D eigenvalue weighted by molar-refractivity contribution is 1.23. The third kappa shape index (κ3) is 7.24. The average molecular weight is 788 g/mol. The molecule has 0 aromatic heterocycles. The van der Waals surface area contributed by atoms with Gasteiger partial charge in [0.2, 0.25) is 0 Å². The largest absolute Gasteiger partial charge is 0.0990 e. The van der Waals surface area contributed by atoms with Crippen molar-refractivity contribution < 1.29 is 0 Å². The summed E-state index contributed by atoms with van der Waals surface area (Å²) in [6.45, 7) is 16.2. The molecule has 0 atom stereocenters. The fraction of sp³-hybridized carbons (Fsp3) is 0.0909. The molecule has 0 aliphatic heterocycles. The van der Waals surface area contributed by atoms with Crippen LogP contribution in [0.4, 0.5) is 0 Å². The first-order valence-corrected chi connectivity index (χ1v) is 20.4. The average Bonchev–Trinajstić information content (AvgIpc) is 3.26. The third-order valence-corrected chi connectivity index (χ3v) is 11.2. The van der Waals surface area contributed by atoms with Crippen LogP contribution in [0.25, 0.3) is 88.0 Å². The second-order valence-corrected chi connectivity index (χ2v) is 14.5. The van der Waals surface area contributed by atoms with Crippen molar-refractivity contribution in [1.29, 1.82) is 0 Å². The fourth-order valence-electron chi connectivity index (χ4n) is 7.91. The quantitative estimate of drug-likeness (QED) is 0.0957. The highest BCUT2D eigenvalue weighted by Crippen LogP contribution is 2.48. The highest BCUT2D eigenvalue weighted by atomic mass is 79.9. The van der Waals surface area contributed by atoms with Gasteiger partial charge in [0.05, 0.1) is 0 Å². The zero-order chi connectivity index (χ0) is 39.2. The van der Waals surface area contributed by atoms with Crippen LogP contribution in [-0.2, 0) is 0 Å². The Morgan fingerprint density at radius 2 is 0.982 bits per heavy atom. The number of benzene rings is 8. The van der Waals surface area contributed by atoms with Gasteiger partial charge in [-0.05, 0) is 125 Å². The van der Waals surface area contributed by atoms with Crippen LogP contribution >= 0.6 is 15.9 Å². The minimum absolute atomic E-state index is 0.997. The molecule has 0 amide bonds. The van der Waals surface area contributed by atoms with E-state index < -0.39 is 0 Å². The topological polar surface area (TPSA) is 0 Å². The summed E-state index contributed by atoms with van der Waals surface area (Å²) in [5.74, 6) is 0. The zero-order valence-electron chi connectivity index (χ0n) is 32.7. The first-order valence-electron chi connectivity index (χ1n) is 19.6. The fourth-order valence-corrected chi connectivity index (χ4v) is 8.47. The number of rotatable bonds is 10. The number of allylic oxidation sites excluding steroid dienone is 8. The molecule has 1 heteroatoms. The van der Waals surface area contributed by atoms with Crippen molar-refractivity contribution in [2.24, 2.45) is 0 Å². The third-order valence-electron chi connectivity index (χ3n) is 10.5. The number of hydrogen-bond donors (Lipinski definition) is 0. The molecule has 0 aliphatic carbocycles. The van der Waals surface area contributed by atoms with Crippen LogP contribution in [0.15, 0.2) is 194 Å². The predicted octanol–water partition coefficient (Wildman–Crippen LogP) is 17.2. The highest BCUT2D eigenvalue weighted by Gasteiger charge is 2.20. The number of halogens is 1. The Morgan fingerprint density at radius 3 is 1.48 bits per heavy atom. The van der Waals surface area contributed by atoms with Gasteiger partial charge in [-0.15, -0.1) is 0 Å². The Morgan fingerprint density at radius 1 is 0.536 bits per heavy atom. The van der Waals surface area contributed by atoms with Crippen LogP contribution in [0.1, 0.15) is 45.2 Å². The van der Waals surface area contributed by atoms with E-state index in [4.69, 9.17) is 0 Å². The Hall–Kier alpha value is -6.02. The smallest absolute Gasteiger partial charge is 0.0260 e. The maximum absolute atomic E-state index is 4.03. The predicted molar refractivity (Wildman–Crippen MR) is 252 cm³/mol. The lowest BCUT2D eigenvalue weighted by Crippen LogP contribution is -1.93. The molecule has 274 valence electrons. The van der Waals surface area contributed by atoms with Gasteiger partial charge in [0.25, 0.3) is 0 Å². The van der Waals surface area contributed by atoms with E-state index in [9.17, 15) is 0 Å². The highest BCUT2D eigenvalue weighted by molar-refractivity contribution is 9.10. The van der Waals surface area contributed by atoms with E-state index in [1.807, 2.05) is 32.1 Å². The molecule has 0 radical (unpaired) electrons. The van der Waals surface area contributed by atoms with Gasteiger partial charge >= 0.3 is 0 Å². The van der Waals surface area contributed by atoms with E-state index in [0.29, 0.717) is 0 Å². The Bertz CT molecular complexity index is 2740. The molecule has 8 aromatic rings. The van der Waals surface area contributed by atoms with Crippen LogP contribution in [0.3, 0.4) is 0 Å². The van der Waals surface area contributed by atoms with Crippen molar-refractivity contribution in [2.75, 3.05) is 0 Å². The van der Waals surface area contributed by atoms with E-state index in [0.717, 1.165) is 22.0 Å². The lowest BCUT2D eigenvalue weighted by Gasteiger charge is -2.20. The van der Waals surface area contributed by atoms with E-state index in [1.54, 1.807) is 0 Å².